The normalized spacial score (nSPS) is 21.0. The van der Waals surface area contributed by atoms with Gasteiger partial charge >= 0.3 is 0 Å². The molecule has 5 heteroatoms. The molecule has 1 aliphatic rings. The number of methoxy groups -OCH3 is 1. The van der Waals surface area contributed by atoms with Crippen LogP contribution in [0.2, 0.25) is 0 Å². The minimum Gasteiger partial charge on any atom is -0.508 e. The number of anilines is 1. The second-order valence-electron chi connectivity index (χ2n) is 4.89. The highest BCUT2D eigenvalue weighted by atomic mass is 16.5. The van der Waals surface area contributed by atoms with E-state index in [1.165, 1.54) is 17.0 Å². The van der Waals surface area contributed by atoms with E-state index in [9.17, 15) is 15.0 Å². The van der Waals surface area contributed by atoms with Crippen LogP contribution in [0.25, 0.3) is 0 Å². The Morgan fingerprint density at radius 1 is 1.05 bits per heavy atom. The predicted molar refractivity (Wildman–Crippen MR) is 77.3 cm³/mol. The summed E-state index contributed by atoms with van der Waals surface area (Å²) < 4.78 is 5.09. The Morgan fingerprint density at radius 3 is 2.24 bits per heavy atom. The van der Waals surface area contributed by atoms with Gasteiger partial charge in [-0.25, -0.2) is 0 Å². The molecule has 1 aliphatic heterocycles. The second kappa shape index (κ2) is 5.10. The number of aliphatic hydroxyl groups is 1. The molecule has 2 atom stereocenters. The van der Waals surface area contributed by atoms with Crippen molar-refractivity contribution < 1.29 is 19.7 Å². The van der Waals surface area contributed by atoms with Crippen LogP contribution in [0.1, 0.15) is 11.6 Å². The van der Waals surface area contributed by atoms with Gasteiger partial charge in [0.25, 0.3) is 5.91 Å². The summed E-state index contributed by atoms with van der Waals surface area (Å²) >= 11 is 0. The van der Waals surface area contributed by atoms with E-state index < -0.39 is 12.1 Å². The largest absolute Gasteiger partial charge is 0.508 e. The zero-order chi connectivity index (χ0) is 15.0. The highest BCUT2D eigenvalue weighted by Gasteiger charge is 2.47. The first-order valence-corrected chi connectivity index (χ1v) is 6.56. The molecular formula is C16H15NO4. The third-order valence-corrected chi connectivity index (χ3v) is 3.65. The van der Waals surface area contributed by atoms with E-state index in [0.29, 0.717) is 11.4 Å². The number of hydrogen-bond acceptors (Lipinski definition) is 4. The fraction of sp³-hybridized carbons (Fsp3) is 0.188. The van der Waals surface area contributed by atoms with Crippen LogP contribution in [0.3, 0.4) is 0 Å². The Hall–Kier alpha value is -2.53. The van der Waals surface area contributed by atoms with Gasteiger partial charge in [-0.2, -0.15) is 0 Å². The molecule has 1 fully saturated rings. The topological polar surface area (TPSA) is 70.0 Å². The Morgan fingerprint density at radius 2 is 1.67 bits per heavy atom. The van der Waals surface area contributed by atoms with Gasteiger partial charge in [0.1, 0.15) is 11.5 Å². The summed E-state index contributed by atoms with van der Waals surface area (Å²) in [7, 11) is 1.58. The number of carbonyl (C=O) groups is 1. The fourth-order valence-electron chi connectivity index (χ4n) is 2.51. The highest BCUT2D eigenvalue weighted by molar-refractivity contribution is 6.04. The van der Waals surface area contributed by atoms with Crippen molar-refractivity contribution in [1.29, 1.82) is 0 Å². The van der Waals surface area contributed by atoms with E-state index >= 15 is 0 Å². The number of rotatable bonds is 3. The summed E-state index contributed by atoms with van der Waals surface area (Å²) in [6.45, 7) is 0. The molecule has 2 N–H and O–H groups in total. The number of aliphatic hydroxyl groups excluding tert-OH is 1. The number of benzene rings is 2. The molecule has 0 saturated carbocycles. The number of phenolic OH excluding ortho intramolecular Hbond substituents is 1. The number of carbonyl (C=O) groups excluding carboxylic acids is 1. The molecule has 0 aromatic heterocycles. The number of nitrogens with zero attached hydrogens (tertiary/aromatic N) is 1. The van der Waals surface area contributed by atoms with Crippen LogP contribution in [0.4, 0.5) is 5.69 Å². The Kier molecular flexibility index (Phi) is 3.27. The van der Waals surface area contributed by atoms with Crippen molar-refractivity contribution >= 4 is 11.6 Å². The molecule has 0 radical (unpaired) electrons. The average Bonchev–Trinajstić information content (AvgIpc) is 2.53. The maximum absolute atomic E-state index is 12.0. The van der Waals surface area contributed by atoms with E-state index in [4.69, 9.17) is 4.74 Å². The Bertz CT molecular complexity index is 651. The number of β-lactam (4-membered cyclic amide) rings is 1. The minimum atomic E-state index is -1.06. The van der Waals surface area contributed by atoms with Crippen LogP contribution >= 0.6 is 0 Å². The van der Waals surface area contributed by atoms with Crippen LogP contribution in [0.15, 0.2) is 48.5 Å². The van der Waals surface area contributed by atoms with E-state index in [2.05, 4.69) is 0 Å². The molecule has 2 aromatic carbocycles. The molecule has 0 unspecified atom stereocenters. The van der Waals surface area contributed by atoms with Crippen LogP contribution in [-0.4, -0.2) is 29.3 Å². The molecule has 2 aromatic rings. The quantitative estimate of drug-likeness (QED) is 0.844. The summed E-state index contributed by atoms with van der Waals surface area (Å²) in [5, 5.41) is 19.3. The smallest absolute Gasteiger partial charge is 0.259 e. The number of amides is 1. The van der Waals surface area contributed by atoms with Gasteiger partial charge in [-0.15, -0.1) is 0 Å². The van der Waals surface area contributed by atoms with E-state index in [1.807, 2.05) is 0 Å². The lowest BCUT2D eigenvalue weighted by atomic mass is 9.90. The zero-order valence-electron chi connectivity index (χ0n) is 11.4. The van der Waals surface area contributed by atoms with Gasteiger partial charge in [-0.3, -0.25) is 9.69 Å². The lowest BCUT2D eigenvalue weighted by molar-refractivity contribution is -0.137. The van der Waals surface area contributed by atoms with Crippen molar-refractivity contribution in [2.24, 2.45) is 0 Å². The summed E-state index contributed by atoms with van der Waals surface area (Å²) in [6.07, 6.45) is -1.06. The molecule has 1 amide bonds. The lowest BCUT2D eigenvalue weighted by Crippen LogP contribution is -2.59. The van der Waals surface area contributed by atoms with Gasteiger partial charge in [0.05, 0.1) is 13.2 Å². The first-order chi connectivity index (χ1) is 10.1. The highest BCUT2D eigenvalue weighted by Crippen LogP contribution is 2.39. The van der Waals surface area contributed by atoms with Crippen molar-refractivity contribution in [2.75, 3.05) is 12.0 Å². The standard InChI is InChI=1S/C16H15NO4/c1-21-13-8-4-11(5-9-13)17-14(15(19)16(17)20)10-2-6-12(18)7-3-10/h2-9,14-15,18-19H,1H3/t14-,15+/m0/s1. The molecular weight excluding hydrogens is 270 g/mol. The van der Waals surface area contributed by atoms with E-state index in [0.717, 1.165) is 5.56 Å². The molecule has 3 rings (SSSR count). The summed E-state index contributed by atoms with van der Waals surface area (Å²) in [5.74, 6) is 0.515. The van der Waals surface area contributed by atoms with Gasteiger partial charge in [0, 0.05) is 5.69 Å². The molecule has 5 nitrogen and oxygen atoms in total. The number of hydrogen-bond donors (Lipinski definition) is 2. The fourth-order valence-corrected chi connectivity index (χ4v) is 2.51. The minimum absolute atomic E-state index is 0.148. The van der Waals surface area contributed by atoms with Crippen molar-refractivity contribution in [3.05, 3.63) is 54.1 Å². The first kappa shape index (κ1) is 13.5. The first-order valence-electron chi connectivity index (χ1n) is 6.56. The van der Waals surface area contributed by atoms with Gasteiger partial charge in [0.15, 0.2) is 6.10 Å². The molecule has 0 aliphatic carbocycles. The van der Waals surface area contributed by atoms with Crippen LogP contribution in [0, 0.1) is 0 Å². The second-order valence-corrected chi connectivity index (χ2v) is 4.89. The van der Waals surface area contributed by atoms with Crippen molar-refractivity contribution in [3.63, 3.8) is 0 Å². The number of ether oxygens (including phenoxy) is 1. The molecule has 1 saturated heterocycles. The van der Waals surface area contributed by atoms with Crippen molar-refractivity contribution in [1.82, 2.24) is 0 Å². The van der Waals surface area contributed by atoms with E-state index in [1.54, 1.807) is 43.5 Å². The maximum atomic E-state index is 12.0. The third-order valence-electron chi connectivity index (χ3n) is 3.65. The molecule has 0 bridgehead atoms. The zero-order valence-corrected chi connectivity index (χ0v) is 11.4. The average molecular weight is 285 g/mol. The van der Waals surface area contributed by atoms with Crippen molar-refractivity contribution in [2.45, 2.75) is 12.1 Å². The van der Waals surface area contributed by atoms with Gasteiger partial charge in [0.2, 0.25) is 0 Å². The lowest BCUT2D eigenvalue weighted by Gasteiger charge is -2.44. The van der Waals surface area contributed by atoms with Crippen LogP contribution in [0.5, 0.6) is 11.5 Å². The van der Waals surface area contributed by atoms with Crippen LogP contribution in [-0.2, 0) is 4.79 Å². The van der Waals surface area contributed by atoms with Gasteiger partial charge in [-0.1, -0.05) is 12.1 Å². The predicted octanol–water partition coefficient (Wildman–Crippen LogP) is 1.85. The molecule has 1 heterocycles. The molecule has 0 spiro atoms. The van der Waals surface area contributed by atoms with Gasteiger partial charge < -0.3 is 14.9 Å². The monoisotopic (exact) mass is 285 g/mol. The van der Waals surface area contributed by atoms with Gasteiger partial charge in [-0.05, 0) is 42.0 Å². The maximum Gasteiger partial charge on any atom is 0.259 e. The Balaban J connectivity index is 1.92. The SMILES string of the molecule is COc1ccc(N2C(=O)[C@H](O)[C@@H]2c2ccc(O)cc2)cc1. The number of phenols is 1. The summed E-state index contributed by atoms with van der Waals surface area (Å²) in [5.41, 5.74) is 1.47. The number of aromatic hydroxyl groups is 1. The van der Waals surface area contributed by atoms with Crippen molar-refractivity contribution in [3.8, 4) is 11.5 Å². The molecule has 108 valence electrons. The van der Waals surface area contributed by atoms with Crippen LogP contribution < -0.4 is 9.64 Å². The molecule has 21 heavy (non-hydrogen) atoms. The summed E-state index contributed by atoms with van der Waals surface area (Å²) in [4.78, 5) is 13.5. The van der Waals surface area contributed by atoms with E-state index in [-0.39, 0.29) is 11.7 Å². The third kappa shape index (κ3) is 2.21. The Labute approximate surface area is 122 Å². The summed E-state index contributed by atoms with van der Waals surface area (Å²) in [6, 6.07) is 13.1.